The van der Waals surface area contributed by atoms with E-state index in [2.05, 4.69) is 0 Å². The first-order valence-corrected chi connectivity index (χ1v) is 6.14. The first-order chi connectivity index (χ1) is 11.2. The predicted molar refractivity (Wildman–Crippen MR) is 74.9 cm³/mol. The van der Waals surface area contributed by atoms with Gasteiger partial charge in [0.2, 0.25) is 0 Å². The summed E-state index contributed by atoms with van der Waals surface area (Å²) in [7, 11) is 0. The fraction of sp³-hybridized carbons (Fsp3) is 0. The molecule has 25 heavy (non-hydrogen) atoms. The molecule has 11 heteroatoms. The topological polar surface area (TPSA) is 167 Å². The average Bonchev–Trinajstić information content (AvgIpc) is 2.55. The van der Waals surface area contributed by atoms with Crippen LogP contribution in [0.3, 0.4) is 0 Å². The number of aromatic carboxylic acids is 2. The number of carboxylic acids is 2. The maximum atomic E-state index is 10.2. The summed E-state index contributed by atoms with van der Waals surface area (Å²) in [6.07, 6.45) is 0. The van der Waals surface area contributed by atoms with E-state index in [0.29, 0.717) is 0 Å². The monoisotopic (exact) mass is 395 g/mol. The summed E-state index contributed by atoms with van der Waals surface area (Å²) >= 11 is 0. The van der Waals surface area contributed by atoms with Crippen molar-refractivity contribution < 1.29 is 46.7 Å². The first-order valence-electron chi connectivity index (χ1n) is 6.14. The quantitative estimate of drug-likeness (QED) is 0.393. The standard InChI is InChI=1S/2C7H5NO4.Cu/c2*9-7(10)5-1-3-6(4-2-5)8(11)12;/h2*1-4H,(H,9,10);/q;;+2/p-2. The predicted octanol–water partition coefficient (Wildman–Crippen LogP) is -0.0859. The minimum Gasteiger partial charge on any atom is -0.545 e. The summed E-state index contributed by atoms with van der Waals surface area (Å²) in [5.74, 6) is -2.69. The van der Waals surface area contributed by atoms with Crippen molar-refractivity contribution in [3.05, 3.63) is 79.9 Å². The number of carbonyl (C=O) groups is 2. The Morgan fingerprint density at radius 3 is 1.04 bits per heavy atom. The van der Waals surface area contributed by atoms with Crippen LogP contribution >= 0.6 is 0 Å². The molecule has 2 rings (SSSR count). The second kappa shape index (κ2) is 9.75. The molecule has 0 aromatic heterocycles. The summed E-state index contributed by atoms with van der Waals surface area (Å²) in [5.41, 5.74) is -0.416. The Hall–Kier alpha value is -3.30. The molecule has 0 bridgehead atoms. The van der Waals surface area contributed by atoms with E-state index in [4.69, 9.17) is 0 Å². The molecule has 133 valence electrons. The Bertz CT molecular complexity index is 641. The van der Waals surface area contributed by atoms with E-state index in [9.17, 15) is 40.0 Å². The summed E-state index contributed by atoms with van der Waals surface area (Å²) < 4.78 is 0. The molecule has 0 aliphatic heterocycles. The van der Waals surface area contributed by atoms with Gasteiger partial charge in [-0.1, -0.05) is 0 Å². The number of nitrogens with zero attached hydrogens (tertiary/aromatic N) is 2. The number of non-ortho nitro benzene ring substituents is 2. The largest absolute Gasteiger partial charge is 2.00 e. The molecule has 0 unspecified atom stereocenters. The molecular formula is C14H8CuN2O8. The van der Waals surface area contributed by atoms with Gasteiger partial charge in [0.15, 0.2) is 0 Å². The van der Waals surface area contributed by atoms with Crippen molar-refractivity contribution in [2.24, 2.45) is 0 Å². The van der Waals surface area contributed by atoms with Crippen LogP contribution in [-0.2, 0) is 17.1 Å². The molecule has 0 saturated carbocycles. The number of hydrogen-bond donors (Lipinski definition) is 0. The van der Waals surface area contributed by atoms with Crippen LogP contribution in [0.1, 0.15) is 20.7 Å². The summed E-state index contributed by atoms with van der Waals surface area (Å²) in [6.45, 7) is 0. The van der Waals surface area contributed by atoms with Gasteiger partial charge in [-0.15, -0.1) is 0 Å². The van der Waals surface area contributed by atoms with E-state index >= 15 is 0 Å². The Morgan fingerprint density at radius 2 is 0.880 bits per heavy atom. The van der Waals surface area contributed by atoms with Crippen molar-refractivity contribution in [1.29, 1.82) is 0 Å². The van der Waals surface area contributed by atoms with Gasteiger partial charge < -0.3 is 19.8 Å². The van der Waals surface area contributed by atoms with Crippen molar-refractivity contribution in [1.82, 2.24) is 0 Å². The smallest absolute Gasteiger partial charge is 0.545 e. The van der Waals surface area contributed by atoms with E-state index in [1.807, 2.05) is 0 Å². The Kier molecular flexibility index (Phi) is 8.47. The molecule has 0 heterocycles. The molecule has 0 fully saturated rings. The van der Waals surface area contributed by atoms with E-state index in [1.54, 1.807) is 0 Å². The number of carboxylic acid groups (broad SMARTS) is 2. The third-order valence-corrected chi connectivity index (χ3v) is 2.63. The Labute approximate surface area is 150 Å². The number of hydrogen-bond acceptors (Lipinski definition) is 8. The second-order valence-electron chi connectivity index (χ2n) is 4.18. The van der Waals surface area contributed by atoms with Gasteiger partial charge in [0.25, 0.3) is 11.4 Å². The van der Waals surface area contributed by atoms with Gasteiger partial charge in [-0.3, -0.25) is 20.2 Å². The number of nitro benzene ring substituents is 2. The van der Waals surface area contributed by atoms with E-state index in [1.165, 1.54) is 0 Å². The zero-order valence-electron chi connectivity index (χ0n) is 12.1. The minimum absolute atomic E-state index is 0. The first kappa shape index (κ1) is 21.7. The number of benzene rings is 2. The molecule has 2 aromatic rings. The van der Waals surface area contributed by atoms with Crippen molar-refractivity contribution in [2.75, 3.05) is 0 Å². The summed E-state index contributed by atoms with van der Waals surface area (Å²) in [6, 6.07) is 8.99. The zero-order valence-corrected chi connectivity index (χ0v) is 13.0. The fourth-order valence-electron chi connectivity index (χ4n) is 1.44. The Balaban J connectivity index is 0.000000443. The van der Waals surface area contributed by atoms with Gasteiger partial charge in [0.05, 0.1) is 21.8 Å². The molecule has 10 nitrogen and oxygen atoms in total. The molecular weight excluding hydrogens is 388 g/mol. The van der Waals surface area contributed by atoms with Gasteiger partial charge in [-0.2, -0.15) is 0 Å². The third-order valence-electron chi connectivity index (χ3n) is 2.63. The van der Waals surface area contributed by atoms with Crippen LogP contribution in [0, 0.1) is 20.2 Å². The maximum Gasteiger partial charge on any atom is 2.00 e. The molecule has 0 amide bonds. The molecule has 0 atom stereocenters. The van der Waals surface area contributed by atoms with Gasteiger partial charge in [-0.05, 0) is 35.4 Å². The van der Waals surface area contributed by atoms with Crippen LogP contribution in [-0.4, -0.2) is 21.8 Å². The molecule has 0 aliphatic rings. The Morgan fingerprint density at radius 1 is 0.640 bits per heavy atom. The maximum absolute atomic E-state index is 10.2. The van der Waals surface area contributed by atoms with Gasteiger partial charge >= 0.3 is 17.1 Å². The van der Waals surface area contributed by atoms with Crippen LogP contribution in [0.25, 0.3) is 0 Å². The van der Waals surface area contributed by atoms with E-state index in [0.717, 1.165) is 48.5 Å². The van der Waals surface area contributed by atoms with Crippen molar-refractivity contribution in [2.45, 2.75) is 0 Å². The SMILES string of the molecule is O=C([O-])c1ccc([N+](=O)[O-])cc1.O=C([O-])c1ccc([N+](=O)[O-])cc1.[Cu+2]. The second-order valence-corrected chi connectivity index (χ2v) is 4.18. The van der Waals surface area contributed by atoms with Crippen molar-refractivity contribution in [3.8, 4) is 0 Å². The van der Waals surface area contributed by atoms with E-state index in [-0.39, 0.29) is 39.6 Å². The molecule has 0 saturated heterocycles. The van der Waals surface area contributed by atoms with Crippen LogP contribution in [0.2, 0.25) is 0 Å². The van der Waals surface area contributed by atoms with Gasteiger partial charge in [-0.25, -0.2) is 0 Å². The van der Waals surface area contributed by atoms with Crippen molar-refractivity contribution >= 4 is 23.3 Å². The van der Waals surface area contributed by atoms with Crippen LogP contribution < -0.4 is 10.2 Å². The number of carbonyl (C=O) groups excluding carboxylic acids is 2. The summed E-state index contributed by atoms with van der Waals surface area (Å²) in [4.78, 5) is 39.5. The fourth-order valence-corrected chi connectivity index (χ4v) is 1.44. The number of nitro groups is 2. The molecule has 2 aromatic carbocycles. The van der Waals surface area contributed by atoms with Crippen LogP contribution in [0.5, 0.6) is 0 Å². The van der Waals surface area contributed by atoms with Gasteiger partial charge in [0.1, 0.15) is 0 Å². The minimum atomic E-state index is -1.34. The van der Waals surface area contributed by atoms with Crippen molar-refractivity contribution in [3.63, 3.8) is 0 Å². The summed E-state index contributed by atoms with van der Waals surface area (Å²) in [5, 5.41) is 40.7. The molecule has 0 aliphatic carbocycles. The molecule has 0 N–H and O–H groups in total. The zero-order chi connectivity index (χ0) is 18.3. The number of rotatable bonds is 4. The average molecular weight is 396 g/mol. The van der Waals surface area contributed by atoms with Crippen LogP contribution in [0.15, 0.2) is 48.5 Å². The molecule has 1 radical (unpaired) electrons. The third kappa shape index (κ3) is 6.77. The van der Waals surface area contributed by atoms with E-state index < -0.39 is 21.8 Å². The normalized spacial score (nSPS) is 8.96. The van der Waals surface area contributed by atoms with Crippen LogP contribution in [0.4, 0.5) is 11.4 Å². The molecule has 0 spiro atoms. The van der Waals surface area contributed by atoms with Gasteiger partial charge in [0, 0.05) is 24.3 Å².